The van der Waals surface area contributed by atoms with Crippen molar-refractivity contribution >= 4 is 28.7 Å². The maximum Gasteiger partial charge on any atom is 0.417 e. The van der Waals surface area contributed by atoms with Gasteiger partial charge in [0.2, 0.25) is 11.8 Å². The largest absolute Gasteiger partial charge is 0.497 e. The van der Waals surface area contributed by atoms with E-state index in [-0.39, 0.29) is 49.6 Å². The highest BCUT2D eigenvalue weighted by Gasteiger charge is 2.52. The number of hydrogen-bond acceptors (Lipinski definition) is 7. The Labute approximate surface area is 289 Å². The van der Waals surface area contributed by atoms with Crippen LogP contribution in [0.2, 0.25) is 0 Å². The molecule has 50 heavy (non-hydrogen) atoms. The van der Waals surface area contributed by atoms with Crippen LogP contribution in [-0.2, 0) is 26.4 Å². The molecule has 0 spiro atoms. The number of methoxy groups -OCH3 is 1. The molecule has 2 amide bonds. The van der Waals surface area contributed by atoms with Gasteiger partial charge in [0.1, 0.15) is 17.9 Å². The van der Waals surface area contributed by atoms with E-state index in [2.05, 4.69) is 10.3 Å². The molecule has 1 aromatic heterocycles. The molecule has 2 aromatic rings. The highest BCUT2D eigenvalue weighted by molar-refractivity contribution is 5.93. The van der Waals surface area contributed by atoms with Crippen molar-refractivity contribution in [3.8, 4) is 11.6 Å². The van der Waals surface area contributed by atoms with Gasteiger partial charge in [0, 0.05) is 23.8 Å². The van der Waals surface area contributed by atoms with Crippen LogP contribution in [0.3, 0.4) is 0 Å². The number of fused-ring (bicyclic) bond motifs is 4. The molecular weight excluding hydrogens is 665 g/mol. The van der Waals surface area contributed by atoms with Gasteiger partial charge in [0.25, 0.3) is 5.92 Å². The molecule has 0 saturated carbocycles. The van der Waals surface area contributed by atoms with E-state index in [1.54, 1.807) is 27.7 Å². The summed E-state index contributed by atoms with van der Waals surface area (Å²) in [6, 6.07) is 1.24. The molecule has 1 saturated heterocycles. The van der Waals surface area contributed by atoms with Gasteiger partial charge in [-0.05, 0) is 56.1 Å². The predicted octanol–water partition coefficient (Wildman–Crippen LogP) is 8.06. The first-order valence-electron chi connectivity index (χ1n) is 17.2. The zero-order chi connectivity index (χ0) is 37.2. The average molecular weight is 714 g/mol. The SMILES string of the molecule is CCC[C@H]1CCCCC(F)(F)c2c(nc3cc(OC)ccc3c2C(F)(F)F)O[C@H]2CN(C(=O)[C@H](C(C)(C)C)NC(=O)OC1)[C@H](C(C)=O)C2CC. The number of carbonyl (C=O) groups is 3. The summed E-state index contributed by atoms with van der Waals surface area (Å²) in [5.74, 6) is -6.85. The average Bonchev–Trinajstić information content (AvgIpc) is 3.40. The molecule has 4 rings (SSSR count). The lowest BCUT2D eigenvalue weighted by Gasteiger charge is -2.35. The fraction of sp³-hybridized carbons (Fsp3) is 0.667. The summed E-state index contributed by atoms with van der Waals surface area (Å²) in [6.07, 6.45) is -6.12. The van der Waals surface area contributed by atoms with Gasteiger partial charge in [0.05, 0.1) is 42.9 Å². The Hall–Kier alpha value is -3.71. The molecule has 1 N–H and O–H groups in total. The second-order valence-corrected chi connectivity index (χ2v) is 14.5. The maximum atomic E-state index is 16.4. The lowest BCUT2D eigenvalue weighted by atomic mass is 9.85. The molecule has 1 unspecified atom stereocenters. The Bertz CT molecular complexity index is 1560. The second kappa shape index (κ2) is 15.3. The quantitative estimate of drug-likeness (QED) is 0.313. The summed E-state index contributed by atoms with van der Waals surface area (Å²) >= 11 is 0. The molecule has 5 atom stereocenters. The van der Waals surface area contributed by atoms with Crippen LogP contribution in [0.5, 0.6) is 11.6 Å². The van der Waals surface area contributed by atoms with Gasteiger partial charge < -0.3 is 24.4 Å². The number of ketones is 1. The number of carbonyl (C=O) groups excluding carboxylic acids is 3. The molecule has 1 fully saturated rings. The summed E-state index contributed by atoms with van der Waals surface area (Å²) in [7, 11) is 1.31. The fourth-order valence-electron chi connectivity index (χ4n) is 7.24. The van der Waals surface area contributed by atoms with Crippen molar-refractivity contribution in [2.24, 2.45) is 17.3 Å². The minimum atomic E-state index is -5.23. The van der Waals surface area contributed by atoms with Crippen molar-refractivity contribution in [2.45, 2.75) is 117 Å². The number of aromatic nitrogens is 1. The molecular formula is C36H48F5N3O6. The molecule has 1 aromatic carbocycles. The van der Waals surface area contributed by atoms with Crippen LogP contribution in [0.1, 0.15) is 97.6 Å². The number of alkyl halides is 5. The van der Waals surface area contributed by atoms with Crippen molar-refractivity contribution in [3.05, 3.63) is 29.3 Å². The highest BCUT2D eigenvalue weighted by Crippen LogP contribution is 2.50. The third-order valence-corrected chi connectivity index (χ3v) is 9.71. The Kier molecular flexibility index (Phi) is 11.9. The van der Waals surface area contributed by atoms with Gasteiger partial charge in [-0.1, -0.05) is 47.5 Å². The number of nitrogens with zero attached hydrogens (tertiary/aromatic N) is 2. The summed E-state index contributed by atoms with van der Waals surface area (Å²) in [5.41, 5.74) is -4.07. The number of pyridine rings is 1. The van der Waals surface area contributed by atoms with Crippen molar-refractivity contribution < 1.29 is 50.5 Å². The van der Waals surface area contributed by atoms with Crippen molar-refractivity contribution in [1.82, 2.24) is 15.2 Å². The van der Waals surface area contributed by atoms with Crippen LogP contribution in [0, 0.1) is 17.3 Å². The zero-order valence-corrected chi connectivity index (χ0v) is 29.7. The van der Waals surface area contributed by atoms with E-state index in [9.17, 15) is 27.6 Å². The molecule has 0 radical (unpaired) electrons. The number of amides is 2. The molecule has 278 valence electrons. The normalized spacial score (nSPS) is 25.5. The van der Waals surface area contributed by atoms with Crippen LogP contribution < -0.4 is 14.8 Å². The van der Waals surface area contributed by atoms with Gasteiger partial charge >= 0.3 is 12.3 Å². The highest BCUT2D eigenvalue weighted by atomic mass is 19.4. The maximum absolute atomic E-state index is 16.4. The Balaban J connectivity index is 1.95. The number of rotatable bonds is 5. The zero-order valence-electron chi connectivity index (χ0n) is 29.7. The number of Topliss-reactive ketones (excluding diaryl/α,β-unsaturated/α-hetero) is 1. The molecule has 9 nitrogen and oxygen atoms in total. The Morgan fingerprint density at radius 2 is 1.84 bits per heavy atom. The fourth-order valence-corrected chi connectivity index (χ4v) is 7.24. The minimum Gasteiger partial charge on any atom is -0.497 e. The van der Waals surface area contributed by atoms with Crippen LogP contribution in [-0.4, -0.2) is 66.1 Å². The predicted molar refractivity (Wildman–Crippen MR) is 176 cm³/mol. The number of halogens is 5. The molecule has 3 heterocycles. The summed E-state index contributed by atoms with van der Waals surface area (Å²) in [6.45, 7) is 9.73. The van der Waals surface area contributed by atoms with E-state index in [0.29, 0.717) is 12.8 Å². The lowest BCUT2D eigenvalue weighted by molar-refractivity contribution is -0.141. The van der Waals surface area contributed by atoms with Crippen LogP contribution in [0.4, 0.5) is 26.7 Å². The number of hydrogen-bond donors (Lipinski definition) is 1. The van der Waals surface area contributed by atoms with E-state index in [4.69, 9.17) is 14.2 Å². The first-order valence-corrected chi connectivity index (χ1v) is 17.2. The first-order chi connectivity index (χ1) is 23.3. The number of ether oxygens (including phenoxy) is 3. The van der Waals surface area contributed by atoms with E-state index in [0.717, 1.165) is 12.5 Å². The van der Waals surface area contributed by atoms with E-state index >= 15 is 8.78 Å². The third-order valence-electron chi connectivity index (χ3n) is 9.71. The van der Waals surface area contributed by atoms with Crippen LogP contribution in [0.25, 0.3) is 10.9 Å². The molecule has 0 aliphatic carbocycles. The first kappa shape index (κ1) is 39.1. The van der Waals surface area contributed by atoms with Gasteiger partial charge in [-0.25, -0.2) is 18.6 Å². The van der Waals surface area contributed by atoms with E-state index in [1.807, 2.05) is 6.92 Å². The number of benzene rings is 1. The Morgan fingerprint density at radius 3 is 2.42 bits per heavy atom. The molecule has 2 bridgehead atoms. The number of alkyl carbamates (subject to hydrolysis) is 1. The number of cyclic esters (lactones) is 1. The minimum absolute atomic E-state index is 0.0326. The Morgan fingerprint density at radius 1 is 1.14 bits per heavy atom. The summed E-state index contributed by atoms with van der Waals surface area (Å²) < 4.78 is 94.6. The topological polar surface area (TPSA) is 107 Å². The van der Waals surface area contributed by atoms with Crippen molar-refractivity contribution in [2.75, 3.05) is 20.3 Å². The van der Waals surface area contributed by atoms with Gasteiger partial charge in [-0.3, -0.25) is 9.59 Å². The lowest BCUT2D eigenvalue weighted by Crippen LogP contribution is -2.57. The smallest absolute Gasteiger partial charge is 0.417 e. The molecule has 14 heteroatoms. The van der Waals surface area contributed by atoms with Crippen LogP contribution >= 0.6 is 0 Å². The van der Waals surface area contributed by atoms with Gasteiger partial charge in [0.15, 0.2) is 5.78 Å². The van der Waals surface area contributed by atoms with E-state index in [1.165, 1.54) is 31.1 Å². The van der Waals surface area contributed by atoms with Gasteiger partial charge in [-0.2, -0.15) is 13.2 Å². The van der Waals surface area contributed by atoms with Gasteiger partial charge in [-0.15, -0.1) is 0 Å². The summed E-state index contributed by atoms with van der Waals surface area (Å²) in [4.78, 5) is 46.0. The van der Waals surface area contributed by atoms with E-state index < -0.39 is 88.2 Å². The monoisotopic (exact) mass is 713 g/mol. The number of nitrogens with one attached hydrogen (secondary N) is 1. The molecule has 2 aliphatic rings. The second-order valence-electron chi connectivity index (χ2n) is 14.5. The van der Waals surface area contributed by atoms with Crippen LogP contribution in [0.15, 0.2) is 18.2 Å². The van der Waals surface area contributed by atoms with Crippen molar-refractivity contribution in [3.63, 3.8) is 0 Å². The summed E-state index contributed by atoms with van der Waals surface area (Å²) in [5, 5.41) is 2.14. The van der Waals surface area contributed by atoms with Crippen molar-refractivity contribution in [1.29, 1.82) is 0 Å². The molecule has 2 aliphatic heterocycles. The third kappa shape index (κ3) is 8.42. The standard InChI is InChI=1S/C36H48F5N3O6/c1-8-12-21-13-10-11-16-35(37,38)28-27(36(39,40)41)24-15-14-22(48-7)17-25(24)42-31(28)50-26-18-44(29(20(3)45)23(26)9-2)32(46)30(34(4,5)6)43-33(47)49-19-21/h14-15,17,21,23,26,29-30H,8-13,16,18-19H2,1-7H3,(H,43,47)/t21-,23?,26-,29+,30+/m0/s1.